The molecule has 0 spiro atoms. The molecule has 1 aromatic carbocycles. The van der Waals surface area contributed by atoms with Crippen molar-refractivity contribution in [2.75, 3.05) is 26.0 Å². The topological polar surface area (TPSA) is 104 Å². The molecule has 2 N–H and O–H groups in total. The van der Waals surface area contributed by atoms with Gasteiger partial charge in [0.1, 0.15) is 5.69 Å². The number of carbonyl (C=O) groups is 3. The Kier molecular flexibility index (Phi) is 5.08. The Labute approximate surface area is 132 Å². The van der Waals surface area contributed by atoms with Crippen LogP contribution in [0, 0.1) is 0 Å². The summed E-state index contributed by atoms with van der Waals surface area (Å²) in [6.07, 6.45) is 1.41. The highest BCUT2D eigenvalue weighted by atomic mass is 16.5. The number of hydrogen-bond acceptors (Lipinski definition) is 5. The number of esters is 1. The molecule has 0 fully saturated rings. The van der Waals surface area contributed by atoms with Crippen molar-refractivity contribution in [2.45, 2.75) is 0 Å². The van der Waals surface area contributed by atoms with Gasteiger partial charge < -0.3 is 15.0 Å². The molecule has 0 bridgehead atoms. The van der Waals surface area contributed by atoms with E-state index in [-0.39, 0.29) is 11.6 Å². The number of ether oxygens (including phenoxy) is 1. The molecular formula is C15H16N4O4. The lowest BCUT2D eigenvalue weighted by Crippen LogP contribution is -2.22. The number of benzene rings is 1. The zero-order valence-corrected chi connectivity index (χ0v) is 12.7. The second kappa shape index (κ2) is 7.21. The Morgan fingerprint density at radius 1 is 1.17 bits per heavy atom. The van der Waals surface area contributed by atoms with Crippen molar-refractivity contribution >= 4 is 23.5 Å². The van der Waals surface area contributed by atoms with Gasteiger partial charge in [-0.1, -0.05) is 0 Å². The van der Waals surface area contributed by atoms with Crippen LogP contribution in [0.4, 0.5) is 5.69 Å². The van der Waals surface area contributed by atoms with E-state index in [1.54, 1.807) is 38.4 Å². The predicted octanol–water partition coefficient (Wildman–Crippen LogP) is 0.907. The fourth-order valence-corrected chi connectivity index (χ4v) is 1.73. The van der Waals surface area contributed by atoms with Crippen LogP contribution >= 0.6 is 0 Å². The van der Waals surface area contributed by atoms with Crippen LogP contribution in [0.2, 0.25) is 0 Å². The van der Waals surface area contributed by atoms with Crippen LogP contribution in [0.3, 0.4) is 0 Å². The molecule has 0 saturated heterocycles. The van der Waals surface area contributed by atoms with Gasteiger partial charge in [-0.05, 0) is 30.3 Å². The summed E-state index contributed by atoms with van der Waals surface area (Å²) >= 11 is 0. The monoisotopic (exact) mass is 316 g/mol. The highest BCUT2D eigenvalue weighted by Gasteiger charge is 2.12. The van der Waals surface area contributed by atoms with Gasteiger partial charge in [-0.15, -0.1) is 0 Å². The molecule has 1 aromatic heterocycles. The minimum Gasteiger partial charge on any atom is -0.451 e. The summed E-state index contributed by atoms with van der Waals surface area (Å²) in [5.41, 5.74) is 1.19. The summed E-state index contributed by atoms with van der Waals surface area (Å²) < 4.78 is 4.83. The molecule has 0 unspecified atom stereocenters. The smallest absolute Gasteiger partial charge is 0.356 e. The number of anilines is 1. The number of aromatic nitrogens is 2. The van der Waals surface area contributed by atoms with E-state index < -0.39 is 18.5 Å². The van der Waals surface area contributed by atoms with E-state index in [1.165, 1.54) is 17.2 Å². The van der Waals surface area contributed by atoms with E-state index in [4.69, 9.17) is 4.74 Å². The number of nitrogens with zero attached hydrogens (tertiary/aromatic N) is 2. The first kappa shape index (κ1) is 16.2. The Hall–Kier alpha value is -3.16. The van der Waals surface area contributed by atoms with Crippen molar-refractivity contribution in [1.82, 2.24) is 15.1 Å². The van der Waals surface area contributed by atoms with Crippen molar-refractivity contribution in [3.05, 3.63) is 47.8 Å². The summed E-state index contributed by atoms with van der Waals surface area (Å²) in [6, 6.07) is 7.86. The minimum atomic E-state index is -0.662. The van der Waals surface area contributed by atoms with Crippen LogP contribution in [0.1, 0.15) is 20.8 Å². The summed E-state index contributed by atoms with van der Waals surface area (Å²) in [4.78, 5) is 36.5. The van der Waals surface area contributed by atoms with E-state index in [9.17, 15) is 14.4 Å². The standard InChI is InChI=1S/C15H16N4O4/c1-19(2)14(21)10-3-5-11(6-4-10)17-13(20)9-23-15(22)12-7-8-16-18-12/h3-8H,9H2,1-2H3,(H,16,18)(H,17,20). The molecule has 0 aliphatic rings. The first-order chi connectivity index (χ1) is 11.0. The van der Waals surface area contributed by atoms with Gasteiger partial charge in [-0.3, -0.25) is 14.7 Å². The summed E-state index contributed by atoms with van der Waals surface area (Å²) in [7, 11) is 3.32. The Morgan fingerprint density at radius 3 is 2.43 bits per heavy atom. The molecule has 2 amide bonds. The van der Waals surface area contributed by atoms with E-state index in [1.807, 2.05) is 0 Å². The molecule has 0 aliphatic heterocycles. The maximum Gasteiger partial charge on any atom is 0.356 e. The number of carbonyl (C=O) groups excluding carboxylic acids is 3. The van der Waals surface area contributed by atoms with Gasteiger partial charge in [0.15, 0.2) is 6.61 Å². The molecule has 0 saturated carbocycles. The normalized spacial score (nSPS) is 10.0. The first-order valence-electron chi connectivity index (χ1n) is 6.75. The Bertz CT molecular complexity index is 693. The lowest BCUT2D eigenvalue weighted by Gasteiger charge is -2.11. The molecule has 0 radical (unpaired) electrons. The zero-order chi connectivity index (χ0) is 16.8. The molecule has 1 heterocycles. The van der Waals surface area contributed by atoms with E-state index in [2.05, 4.69) is 15.5 Å². The Balaban J connectivity index is 1.85. The molecule has 8 nitrogen and oxygen atoms in total. The number of aromatic amines is 1. The maximum atomic E-state index is 11.7. The van der Waals surface area contributed by atoms with Crippen LogP contribution in [0.25, 0.3) is 0 Å². The average Bonchev–Trinajstić information content (AvgIpc) is 3.07. The second-order valence-electron chi connectivity index (χ2n) is 4.87. The number of nitrogens with one attached hydrogen (secondary N) is 2. The molecule has 2 aromatic rings. The number of amides is 2. The fraction of sp³-hybridized carbons (Fsp3) is 0.200. The predicted molar refractivity (Wildman–Crippen MR) is 82.0 cm³/mol. The first-order valence-corrected chi connectivity index (χ1v) is 6.75. The van der Waals surface area contributed by atoms with Gasteiger partial charge in [-0.2, -0.15) is 5.10 Å². The molecule has 8 heteroatoms. The van der Waals surface area contributed by atoms with Gasteiger partial charge in [0.05, 0.1) is 0 Å². The van der Waals surface area contributed by atoms with E-state index >= 15 is 0 Å². The van der Waals surface area contributed by atoms with Crippen molar-refractivity contribution in [1.29, 1.82) is 0 Å². The molecule has 120 valence electrons. The number of rotatable bonds is 5. The van der Waals surface area contributed by atoms with Crippen LogP contribution in [0.15, 0.2) is 36.5 Å². The minimum absolute atomic E-state index is 0.128. The molecule has 0 aliphatic carbocycles. The molecule has 23 heavy (non-hydrogen) atoms. The van der Waals surface area contributed by atoms with Gasteiger partial charge in [0.25, 0.3) is 11.8 Å². The number of hydrogen-bond donors (Lipinski definition) is 2. The fourth-order valence-electron chi connectivity index (χ4n) is 1.73. The Morgan fingerprint density at radius 2 is 1.87 bits per heavy atom. The highest BCUT2D eigenvalue weighted by molar-refractivity contribution is 5.96. The second-order valence-corrected chi connectivity index (χ2v) is 4.87. The van der Waals surface area contributed by atoms with Gasteiger partial charge in [-0.25, -0.2) is 4.79 Å². The summed E-state index contributed by atoms with van der Waals surface area (Å²) in [6.45, 7) is -0.420. The lowest BCUT2D eigenvalue weighted by molar-refractivity contribution is -0.119. The highest BCUT2D eigenvalue weighted by Crippen LogP contribution is 2.10. The third-order valence-corrected chi connectivity index (χ3v) is 2.88. The van der Waals surface area contributed by atoms with Crippen LogP contribution in [-0.2, 0) is 9.53 Å². The molecule has 0 atom stereocenters. The zero-order valence-electron chi connectivity index (χ0n) is 12.7. The van der Waals surface area contributed by atoms with Crippen molar-refractivity contribution in [3.8, 4) is 0 Å². The van der Waals surface area contributed by atoms with Crippen molar-refractivity contribution in [2.24, 2.45) is 0 Å². The van der Waals surface area contributed by atoms with Gasteiger partial charge in [0, 0.05) is 31.5 Å². The van der Waals surface area contributed by atoms with Crippen molar-refractivity contribution < 1.29 is 19.1 Å². The van der Waals surface area contributed by atoms with Crippen molar-refractivity contribution in [3.63, 3.8) is 0 Å². The maximum absolute atomic E-state index is 11.7. The summed E-state index contributed by atoms with van der Waals surface area (Å²) in [5.74, 6) is -1.27. The van der Waals surface area contributed by atoms with Crippen LogP contribution in [-0.4, -0.2) is 53.6 Å². The van der Waals surface area contributed by atoms with Crippen LogP contribution in [0.5, 0.6) is 0 Å². The average molecular weight is 316 g/mol. The largest absolute Gasteiger partial charge is 0.451 e. The lowest BCUT2D eigenvalue weighted by atomic mass is 10.2. The third kappa shape index (κ3) is 4.40. The van der Waals surface area contributed by atoms with E-state index in [0.29, 0.717) is 11.3 Å². The summed E-state index contributed by atoms with van der Waals surface area (Å²) in [5, 5.41) is 8.63. The van der Waals surface area contributed by atoms with Gasteiger partial charge >= 0.3 is 5.97 Å². The van der Waals surface area contributed by atoms with E-state index in [0.717, 1.165) is 0 Å². The third-order valence-electron chi connectivity index (χ3n) is 2.88. The number of H-pyrrole nitrogens is 1. The molecule has 2 rings (SSSR count). The quantitative estimate of drug-likeness (QED) is 0.798. The molecular weight excluding hydrogens is 300 g/mol. The SMILES string of the molecule is CN(C)C(=O)c1ccc(NC(=O)COC(=O)c2ccn[nH]2)cc1. The van der Waals surface area contributed by atoms with Crippen LogP contribution < -0.4 is 5.32 Å². The van der Waals surface area contributed by atoms with Gasteiger partial charge in [0.2, 0.25) is 0 Å².